The third-order valence-corrected chi connectivity index (χ3v) is 6.88. The summed E-state index contributed by atoms with van der Waals surface area (Å²) < 4.78 is 6.42. The minimum Gasteiger partial charge on any atom is -0.446 e. The molecule has 0 bridgehead atoms. The van der Waals surface area contributed by atoms with Gasteiger partial charge in [0.05, 0.1) is 21.4 Å². The molecule has 0 heterocycles. The highest BCUT2D eigenvalue weighted by Gasteiger charge is 2.28. The smallest absolute Gasteiger partial charge is 0.319 e. The van der Waals surface area contributed by atoms with E-state index in [0.717, 1.165) is 22.3 Å². The number of non-ortho nitro benzene ring substituents is 1. The monoisotopic (exact) mass is 605 g/mol. The zero-order chi connectivity index (χ0) is 26.9. The first-order valence-electron chi connectivity index (χ1n) is 10.8. The van der Waals surface area contributed by atoms with Crippen LogP contribution in [0.1, 0.15) is 18.6 Å². The SMILES string of the molecule is CC(SCC(=O)Nc1ccc(Br)cc1)C(=O)OC(C(=O)Nc1ccc([N+](=O)[O-])cc1Cl)c1ccccc1. The Hall–Kier alpha value is -3.41. The van der Waals surface area contributed by atoms with Crippen molar-refractivity contribution in [1.29, 1.82) is 0 Å². The normalized spacial score (nSPS) is 12.2. The molecule has 2 amide bonds. The molecular formula is C25H21BrClN3O6S. The summed E-state index contributed by atoms with van der Waals surface area (Å²) in [6.45, 7) is 1.58. The number of rotatable bonds is 10. The van der Waals surface area contributed by atoms with E-state index in [1.54, 1.807) is 61.5 Å². The fourth-order valence-electron chi connectivity index (χ4n) is 3.03. The van der Waals surface area contributed by atoms with Crippen LogP contribution < -0.4 is 10.6 Å². The van der Waals surface area contributed by atoms with Crippen molar-refractivity contribution in [3.05, 3.63) is 98.0 Å². The average molecular weight is 607 g/mol. The number of amides is 2. The first-order chi connectivity index (χ1) is 17.6. The number of carbonyl (C=O) groups is 3. The number of nitro groups is 1. The van der Waals surface area contributed by atoms with E-state index in [1.165, 1.54) is 12.1 Å². The predicted octanol–water partition coefficient (Wildman–Crippen LogP) is 5.99. The van der Waals surface area contributed by atoms with Gasteiger partial charge in [-0.1, -0.05) is 57.9 Å². The molecule has 0 spiro atoms. The lowest BCUT2D eigenvalue weighted by atomic mass is 10.1. The molecule has 192 valence electrons. The number of thioether (sulfide) groups is 1. The van der Waals surface area contributed by atoms with Crippen LogP contribution in [0.5, 0.6) is 0 Å². The van der Waals surface area contributed by atoms with E-state index in [0.29, 0.717) is 11.3 Å². The van der Waals surface area contributed by atoms with Gasteiger partial charge in [0, 0.05) is 27.9 Å². The summed E-state index contributed by atoms with van der Waals surface area (Å²) in [5, 5.41) is 15.4. The lowest BCUT2D eigenvalue weighted by molar-refractivity contribution is -0.384. The maximum Gasteiger partial charge on any atom is 0.319 e. The lowest BCUT2D eigenvalue weighted by Gasteiger charge is -2.20. The summed E-state index contributed by atoms with van der Waals surface area (Å²) in [6, 6.07) is 19.0. The van der Waals surface area contributed by atoms with Crippen molar-refractivity contribution < 1.29 is 24.0 Å². The van der Waals surface area contributed by atoms with Crippen LogP contribution in [0.15, 0.2) is 77.3 Å². The van der Waals surface area contributed by atoms with Crippen LogP contribution in [-0.2, 0) is 19.1 Å². The van der Waals surface area contributed by atoms with Gasteiger partial charge in [0.2, 0.25) is 12.0 Å². The summed E-state index contributed by atoms with van der Waals surface area (Å²) in [4.78, 5) is 48.5. The zero-order valence-electron chi connectivity index (χ0n) is 19.4. The van der Waals surface area contributed by atoms with E-state index >= 15 is 0 Å². The van der Waals surface area contributed by atoms with Gasteiger partial charge >= 0.3 is 5.97 Å². The van der Waals surface area contributed by atoms with Crippen LogP contribution in [0.4, 0.5) is 17.1 Å². The number of nitro benzene ring substituents is 1. The van der Waals surface area contributed by atoms with Crippen molar-refractivity contribution in [2.24, 2.45) is 0 Å². The molecule has 0 aliphatic heterocycles. The minimum absolute atomic E-state index is 0.00701. The second-order valence-electron chi connectivity index (χ2n) is 7.65. The molecule has 0 aliphatic carbocycles. The lowest BCUT2D eigenvalue weighted by Crippen LogP contribution is -2.29. The van der Waals surface area contributed by atoms with Gasteiger partial charge in [-0.15, -0.1) is 11.8 Å². The zero-order valence-corrected chi connectivity index (χ0v) is 22.5. The fraction of sp³-hybridized carbons (Fsp3) is 0.160. The van der Waals surface area contributed by atoms with E-state index in [1.807, 2.05) is 0 Å². The topological polar surface area (TPSA) is 128 Å². The molecule has 0 fully saturated rings. The van der Waals surface area contributed by atoms with Crippen molar-refractivity contribution in [3.8, 4) is 0 Å². The molecule has 0 aliphatic rings. The van der Waals surface area contributed by atoms with Gasteiger partial charge in [0.15, 0.2) is 0 Å². The number of carbonyl (C=O) groups excluding carboxylic acids is 3. The molecule has 9 nitrogen and oxygen atoms in total. The highest BCUT2D eigenvalue weighted by atomic mass is 79.9. The molecule has 0 saturated heterocycles. The van der Waals surface area contributed by atoms with Crippen molar-refractivity contribution >= 4 is 74.1 Å². The molecule has 3 aromatic carbocycles. The standard InChI is InChI=1S/C25H21BrClN3O6S/c1-15(37-14-22(31)28-18-9-7-17(26)8-10-18)25(33)36-23(16-5-3-2-4-6-16)24(32)29-21-12-11-19(30(34)35)13-20(21)27/h2-13,15,23H,14H2,1H3,(H,28,31)(H,29,32). The molecule has 0 saturated carbocycles. The second-order valence-corrected chi connectivity index (χ2v) is 10.3. The van der Waals surface area contributed by atoms with E-state index in [4.69, 9.17) is 16.3 Å². The third kappa shape index (κ3) is 8.31. The Bertz CT molecular complexity index is 1290. The number of nitrogens with one attached hydrogen (secondary N) is 2. The van der Waals surface area contributed by atoms with E-state index in [9.17, 15) is 24.5 Å². The van der Waals surface area contributed by atoms with Gasteiger partial charge in [0.25, 0.3) is 11.6 Å². The van der Waals surface area contributed by atoms with Gasteiger partial charge in [0.1, 0.15) is 5.25 Å². The Balaban J connectivity index is 1.65. The van der Waals surface area contributed by atoms with Crippen molar-refractivity contribution in [1.82, 2.24) is 0 Å². The number of anilines is 2. The molecule has 0 aromatic heterocycles. The molecular weight excluding hydrogens is 586 g/mol. The average Bonchev–Trinajstić information content (AvgIpc) is 2.88. The molecule has 3 rings (SSSR count). The Kier molecular flexibility index (Phi) is 10.1. The summed E-state index contributed by atoms with van der Waals surface area (Å²) in [5.41, 5.74) is 0.927. The number of ether oxygens (including phenoxy) is 1. The highest BCUT2D eigenvalue weighted by Crippen LogP contribution is 2.29. The van der Waals surface area contributed by atoms with Gasteiger partial charge in [-0.05, 0) is 37.3 Å². The Morgan fingerprint density at radius 2 is 1.73 bits per heavy atom. The van der Waals surface area contributed by atoms with E-state index < -0.39 is 28.2 Å². The molecule has 2 unspecified atom stereocenters. The number of hydrogen-bond acceptors (Lipinski definition) is 7. The predicted molar refractivity (Wildman–Crippen MR) is 147 cm³/mol. The number of benzene rings is 3. The van der Waals surface area contributed by atoms with Crippen LogP contribution in [0, 0.1) is 10.1 Å². The van der Waals surface area contributed by atoms with E-state index in [-0.39, 0.29) is 28.1 Å². The molecule has 12 heteroatoms. The highest BCUT2D eigenvalue weighted by molar-refractivity contribution is 9.10. The summed E-state index contributed by atoms with van der Waals surface area (Å²) >= 11 is 10.5. The number of hydrogen-bond donors (Lipinski definition) is 2. The van der Waals surface area contributed by atoms with Crippen LogP contribution in [0.3, 0.4) is 0 Å². The van der Waals surface area contributed by atoms with Crippen molar-refractivity contribution in [3.63, 3.8) is 0 Å². The second kappa shape index (κ2) is 13.2. The van der Waals surface area contributed by atoms with Gasteiger partial charge < -0.3 is 15.4 Å². The molecule has 37 heavy (non-hydrogen) atoms. The number of halogens is 2. The summed E-state index contributed by atoms with van der Waals surface area (Å²) in [5.74, 6) is -1.69. The molecule has 2 atom stereocenters. The fourth-order valence-corrected chi connectivity index (χ4v) is 4.18. The minimum atomic E-state index is -1.32. The Morgan fingerprint density at radius 3 is 2.35 bits per heavy atom. The maximum absolute atomic E-state index is 13.1. The molecule has 0 radical (unpaired) electrons. The first kappa shape index (κ1) is 28.2. The Labute approximate surface area is 230 Å². The van der Waals surface area contributed by atoms with Crippen LogP contribution in [-0.4, -0.2) is 33.7 Å². The summed E-state index contributed by atoms with van der Waals surface area (Å²) in [6.07, 6.45) is -1.32. The van der Waals surface area contributed by atoms with Gasteiger partial charge in [-0.2, -0.15) is 0 Å². The Morgan fingerprint density at radius 1 is 1.05 bits per heavy atom. The number of nitrogens with zero attached hydrogens (tertiary/aromatic N) is 1. The van der Waals surface area contributed by atoms with Crippen molar-refractivity contribution in [2.75, 3.05) is 16.4 Å². The molecule has 3 aromatic rings. The molecule has 2 N–H and O–H groups in total. The first-order valence-corrected chi connectivity index (χ1v) is 13.0. The van der Waals surface area contributed by atoms with Crippen LogP contribution in [0.25, 0.3) is 0 Å². The third-order valence-electron chi connectivity index (χ3n) is 4.92. The van der Waals surface area contributed by atoms with E-state index in [2.05, 4.69) is 26.6 Å². The maximum atomic E-state index is 13.1. The van der Waals surface area contributed by atoms with Gasteiger partial charge in [-0.25, -0.2) is 0 Å². The van der Waals surface area contributed by atoms with Crippen LogP contribution in [0.2, 0.25) is 5.02 Å². The quantitative estimate of drug-likeness (QED) is 0.165. The number of esters is 1. The summed E-state index contributed by atoms with van der Waals surface area (Å²) in [7, 11) is 0. The van der Waals surface area contributed by atoms with Crippen molar-refractivity contribution in [2.45, 2.75) is 18.3 Å². The largest absolute Gasteiger partial charge is 0.446 e. The van der Waals surface area contributed by atoms with Crippen LogP contribution >= 0.6 is 39.3 Å². The van der Waals surface area contributed by atoms with Gasteiger partial charge in [-0.3, -0.25) is 24.5 Å².